The van der Waals surface area contributed by atoms with Gasteiger partial charge in [-0.05, 0) is 71.8 Å². The van der Waals surface area contributed by atoms with Gasteiger partial charge in [0.1, 0.15) is 12.6 Å². The number of nitrogens with one attached hydrogen (secondary N) is 1. The van der Waals surface area contributed by atoms with Crippen molar-refractivity contribution in [2.24, 2.45) is 0 Å². The summed E-state index contributed by atoms with van der Waals surface area (Å²) in [5, 5.41) is 3.31. The maximum absolute atomic E-state index is 13.4. The summed E-state index contributed by atoms with van der Waals surface area (Å²) in [7, 11) is -3.75. The number of hydrogen-bond donors (Lipinski definition) is 1. The van der Waals surface area contributed by atoms with Gasteiger partial charge >= 0.3 is 0 Å². The van der Waals surface area contributed by atoms with Crippen LogP contribution < -0.4 is 9.62 Å². The van der Waals surface area contributed by atoms with E-state index in [0.29, 0.717) is 22.8 Å². The van der Waals surface area contributed by atoms with Gasteiger partial charge in [0.2, 0.25) is 21.8 Å². The van der Waals surface area contributed by atoms with Crippen LogP contribution >= 0.6 is 34.2 Å². The average molecular weight is 606 g/mol. The Morgan fingerprint density at radius 1 is 1.12 bits per heavy atom. The van der Waals surface area contributed by atoms with Crippen molar-refractivity contribution in [3.8, 4) is 0 Å². The van der Waals surface area contributed by atoms with Gasteiger partial charge in [0.25, 0.3) is 0 Å². The molecule has 0 saturated carbocycles. The summed E-state index contributed by atoms with van der Waals surface area (Å²) >= 11 is 8.42. The number of anilines is 1. The van der Waals surface area contributed by atoms with Crippen LogP contribution in [0.4, 0.5) is 5.69 Å². The molecule has 2 aromatic carbocycles. The fourth-order valence-corrected chi connectivity index (χ4v) is 4.55. The molecule has 0 aliphatic heterocycles. The molecule has 2 aromatic rings. The minimum absolute atomic E-state index is 0.0746. The molecule has 0 unspecified atom stereocenters. The van der Waals surface area contributed by atoms with Crippen LogP contribution in [0.15, 0.2) is 48.5 Å². The zero-order valence-electron chi connectivity index (χ0n) is 18.9. The van der Waals surface area contributed by atoms with Crippen molar-refractivity contribution >= 4 is 61.7 Å². The smallest absolute Gasteiger partial charge is 0.244 e. The molecule has 0 bridgehead atoms. The highest BCUT2D eigenvalue weighted by atomic mass is 127. The second kappa shape index (κ2) is 12.6. The van der Waals surface area contributed by atoms with E-state index >= 15 is 0 Å². The predicted octanol–water partition coefficient (Wildman–Crippen LogP) is 4.04. The van der Waals surface area contributed by atoms with E-state index in [2.05, 4.69) is 27.9 Å². The van der Waals surface area contributed by atoms with Crippen LogP contribution in [-0.4, -0.2) is 50.5 Å². The molecule has 0 heterocycles. The van der Waals surface area contributed by atoms with Crippen LogP contribution in [0, 0.1) is 3.57 Å². The Morgan fingerprint density at radius 3 is 2.33 bits per heavy atom. The third-order valence-electron chi connectivity index (χ3n) is 5.09. The fraction of sp³-hybridized carbons (Fsp3) is 0.391. The molecule has 0 spiro atoms. The number of benzene rings is 2. The Morgan fingerprint density at radius 2 is 1.76 bits per heavy atom. The van der Waals surface area contributed by atoms with E-state index < -0.39 is 28.5 Å². The molecule has 0 aliphatic carbocycles. The van der Waals surface area contributed by atoms with E-state index in [1.54, 1.807) is 55.5 Å². The maximum Gasteiger partial charge on any atom is 0.244 e. The summed E-state index contributed by atoms with van der Waals surface area (Å²) in [4.78, 5) is 27.6. The fourth-order valence-electron chi connectivity index (χ4n) is 3.15. The molecule has 0 saturated heterocycles. The zero-order chi connectivity index (χ0) is 24.6. The molecule has 0 fully saturated rings. The number of carbonyl (C=O) groups excluding carboxylic acids is 2. The maximum atomic E-state index is 13.4. The molecule has 1 atom stereocenters. The van der Waals surface area contributed by atoms with Gasteiger partial charge in [0.15, 0.2) is 0 Å². The standard InChI is InChI=1S/C23H29ClIN3O4S/c1-4-5-14-26-23(30)17(2)27(15-18-8-6-7-9-21(18)24)22(29)16-28(33(3,31)32)20-12-10-19(25)11-13-20/h6-13,17H,4-5,14-16H2,1-3H3,(H,26,30)/t17-/m1/s1. The first-order chi connectivity index (χ1) is 15.5. The molecular weight excluding hydrogens is 577 g/mol. The van der Waals surface area contributed by atoms with Gasteiger partial charge in [0, 0.05) is 21.7 Å². The normalized spacial score (nSPS) is 12.2. The summed E-state index contributed by atoms with van der Waals surface area (Å²) in [6.07, 6.45) is 2.80. The molecule has 0 aliphatic rings. The van der Waals surface area contributed by atoms with Crippen molar-refractivity contribution in [3.05, 3.63) is 62.7 Å². The second-order valence-corrected chi connectivity index (χ2v) is 11.2. The molecule has 0 aromatic heterocycles. The Hall–Kier alpha value is -1.85. The number of hydrogen-bond acceptors (Lipinski definition) is 4. The number of amides is 2. The van der Waals surface area contributed by atoms with Crippen molar-refractivity contribution in [2.45, 2.75) is 39.3 Å². The second-order valence-electron chi connectivity index (χ2n) is 7.68. The van der Waals surface area contributed by atoms with E-state index in [9.17, 15) is 18.0 Å². The Balaban J connectivity index is 2.35. The van der Waals surface area contributed by atoms with Crippen LogP contribution in [0.1, 0.15) is 32.3 Å². The summed E-state index contributed by atoms with van der Waals surface area (Å²) in [6.45, 7) is 3.80. The lowest BCUT2D eigenvalue weighted by Gasteiger charge is -2.31. The molecule has 33 heavy (non-hydrogen) atoms. The summed E-state index contributed by atoms with van der Waals surface area (Å²) < 4.78 is 27.0. The summed E-state index contributed by atoms with van der Waals surface area (Å²) in [5.41, 5.74) is 1.05. The van der Waals surface area contributed by atoms with Gasteiger partial charge in [-0.1, -0.05) is 43.1 Å². The van der Waals surface area contributed by atoms with E-state index in [1.165, 1.54) is 4.90 Å². The highest BCUT2D eigenvalue weighted by molar-refractivity contribution is 14.1. The summed E-state index contributed by atoms with van der Waals surface area (Å²) in [6, 6.07) is 13.1. The lowest BCUT2D eigenvalue weighted by molar-refractivity contribution is -0.139. The molecule has 2 amide bonds. The SMILES string of the molecule is CCCCNC(=O)[C@@H](C)N(Cc1ccccc1Cl)C(=O)CN(c1ccc(I)cc1)S(C)(=O)=O. The lowest BCUT2D eigenvalue weighted by Crippen LogP contribution is -2.51. The van der Waals surface area contributed by atoms with Crippen molar-refractivity contribution in [1.82, 2.24) is 10.2 Å². The van der Waals surface area contributed by atoms with Crippen molar-refractivity contribution in [2.75, 3.05) is 23.7 Å². The molecule has 7 nitrogen and oxygen atoms in total. The minimum Gasteiger partial charge on any atom is -0.354 e. The molecule has 1 N–H and O–H groups in total. The van der Waals surface area contributed by atoms with Crippen LogP contribution in [0.2, 0.25) is 5.02 Å². The van der Waals surface area contributed by atoms with Gasteiger partial charge in [-0.2, -0.15) is 0 Å². The third kappa shape index (κ3) is 8.15. The van der Waals surface area contributed by atoms with E-state index in [0.717, 1.165) is 27.0 Å². The highest BCUT2D eigenvalue weighted by Crippen LogP contribution is 2.22. The quantitative estimate of drug-likeness (QED) is 0.309. The van der Waals surface area contributed by atoms with Crippen LogP contribution in [0.5, 0.6) is 0 Å². The minimum atomic E-state index is -3.75. The van der Waals surface area contributed by atoms with Crippen molar-refractivity contribution < 1.29 is 18.0 Å². The van der Waals surface area contributed by atoms with Crippen molar-refractivity contribution in [1.29, 1.82) is 0 Å². The lowest BCUT2D eigenvalue weighted by atomic mass is 10.1. The number of nitrogens with zero attached hydrogens (tertiary/aromatic N) is 2. The van der Waals surface area contributed by atoms with E-state index in [1.807, 2.05) is 6.92 Å². The number of rotatable bonds is 11. The Bertz CT molecular complexity index is 1060. The number of sulfonamides is 1. The Kier molecular flexibility index (Phi) is 10.4. The van der Waals surface area contributed by atoms with Gasteiger partial charge in [0.05, 0.1) is 11.9 Å². The zero-order valence-corrected chi connectivity index (χ0v) is 22.7. The largest absolute Gasteiger partial charge is 0.354 e. The van der Waals surface area contributed by atoms with Gasteiger partial charge in [-0.25, -0.2) is 8.42 Å². The molecule has 0 radical (unpaired) electrons. The van der Waals surface area contributed by atoms with E-state index in [-0.39, 0.29) is 12.5 Å². The average Bonchev–Trinajstić information content (AvgIpc) is 2.76. The first kappa shape index (κ1) is 27.4. The van der Waals surface area contributed by atoms with Crippen LogP contribution in [-0.2, 0) is 26.2 Å². The first-order valence-electron chi connectivity index (χ1n) is 10.6. The van der Waals surface area contributed by atoms with E-state index in [4.69, 9.17) is 11.6 Å². The first-order valence-corrected chi connectivity index (χ1v) is 13.9. The molecule has 2 rings (SSSR count). The van der Waals surface area contributed by atoms with Crippen molar-refractivity contribution in [3.63, 3.8) is 0 Å². The van der Waals surface area contributed by atoms with Gasteiger partial charge < -0.3 is 10.2 Å². The third-order valence-corrected chi connectivity index (χ3v) is 7.32. The van der Waals surface area contributed by atoms with Gasteiger partial charge in [-0.15, -0.1) is 0 Å². The molecule has 10 heteroatoms. The van der Waals surface area contributed by atoms with Gasteiger partial charge in [-0.3, -0.25) is 13.9 Å². The van der Waals surface area contributed by atoms with Crippen LogP contribution in [0.3, 0.4) is 0 Å². The topological polar surface area (TPSA) is 86.8 Å². The highest BCUT2D eigenvalue weighted by Gasteiger charge is 2.30. The number of halogens is 2. The predicted molar refractivity (Wildman–Crippen MR) is 141 cm³/mol. The number of carbonyl (C=O) groups is 2. The Labute approximate surface area is 214 Å². The van der Waals surface area contributed by atoms with Crippen LogP contribution in [0.25, 0.3) is 0 Å². The summed E-state index contributed by atoms with van der Waals surface area (Å²) in [5.74, 6) is -0.805. The molecule has 180 valence electrons. The number of unbranched alkanes of at least 4 members (excludes halogenated alkanes) is 1. The molecular formula is C23H29ClIN3O4S. The monoisotopic (exact) mass is 605 g/mol.